The smallest absolute Gasteiger partial charge is 0.191 e. The van der Waals surface area contributed by atoms with Gasteiger partial charge in [-0.3, -0.25) is 0 Å². The number of hydrogen-bond donors (Lipinski definition) is 2. The van der Waals surface area contributed by atoms with E-state index in [4.69, 9.17) is 14.5 Å². The second-order valence-corrected chi connectivity index (χ2v) is 8.40. The third-order valence-electron chi connectivity index (χ3n) is 5.52. The Hall–Kier alpha value is -2.93. The lowest BCUT2D eigenvalue weighted by Gasteiger charge is -2.21. The number of ether oxygens (including phenoxy) is 2. The van der Waals surface area contributed by atoms with E-state index in [0.717, 1.165) is 55.7 Å². The molecule has 32 heavy (non-hydrogen) atoms. The van der Waals surface area contributed by atoms with Crippen LogP contribution < -0.4 is 25.0 Å². The number of anilines is 1. The lowest BCUT2D eigenvalue weighted by molar-refractivity contribution is 0.394. The van der Waals surface area contributed by atoms with Crippen LogP contribution in [0, 0.1) is 0 Å². The van der Waals surface area contributed by atoms with Crippen molar-refractivity contribution in [1.29, 1.82) is 0 Å². The van der Waals surface area contributed by atoms with Gasteiger partial charge in [0.2, 0.25) is 0 Å². The summed E-state index contributed by atoms with van der Waals surface area (Å²) in [6, 6.07) is 15.0. The average molecular weight is 440 g/mol. The van der Waals surface area contributed by atoms with E-state index in [0.29, 0.717) is 12.6 Å². The third-order valence-corrected chi connectivity index (χ3v) is 5.52. The molecule has 3 rings (SSSR count). The molecule has 0 amide bonds. The highest BCUT2D eigenvalue weighted by molar-refractivity contribution is 5.80. The van der Waals surface area contributed by atoms with Gasteiger partial charge in [0.15, 0.2) is 5.96 Å². The fraction of sp³-hybridized carbons (Fsp3) is 0.480. The highest BCUT2D eigenvalue weighted by atomic mass is 16.5. The minimum Gasteiger partial charge on any atom is -0.497 e. The van der Waals surface area contributed by atoms with Gasteiger partial charge in [0, 0.05) is 56.1 Å². The van der Waals surface area contributed by atoms with Crippen molar-refractivity contribution in [3.05, 3.63) is 53.6 Å². The van der Waals surface area contributed by atoms with Crippen molar-refractivity contribution in [2.45, 2.75) is 32.5 Å². The first-order chi connectivity index (χ1) is 15.5. The van der Waals surface area contributed by atoms with Crippen LogP contribution in [-0.2, 0) is 13.1 Å². The Morgan fingerprint density at radius 3 is 2.31 bits per heavy atom. The first-order valence-electron chi connectivity index (χ1n) is 11.3. The maximum Gasteiger partial charge on any atom is 0.191 e. The molecule has 1 atom stereocenters. The minimum atomic E-state index is 0.326. The van der Waals surface area contributed by atoms with Crippen LogP contribution in [0.25, 0.3) is 0 Å². The molecule has 2 aromatic rings. The van der Waals surface area contributed by atoms with Crippen LogP contribution in [0.1, 0.15) is 24.5 Å². The molecule has 0 aliphatic carbocycles. The number of benzene rings is 2. The van der Waals surface area contributed by atoms with E-state index in [1.807, 2.05) is 6.07 Å². The summed E-state index contributed by atoms with van der Waals surface area (Å²) in [6.45, 7) is 6.40. The van der Waals surface area contributed by atoms with Crippen molar-refractivity contribution in [3.63, 3.8) is 0 Å². The molecule has 0 aromatic heterocycles. The van der Waals surface area contributed by atoms with Gasteiger partial charge in [-0.1, -0.05) is 24.3 Å². The Balaban J connectivity index is 1.60. The predicted octanol–water partition coefficient (Wildman–Crippen LogP) is 3.10. The Morgan fingerprint density at radius 2 is 1.72 bits per heavy atom. The first-order valence-corrected chi connectivity index (χ1v) is 11.3. The molecule has 1 unspecified atom stereocenters. The van der Waals surface area contributed by atoms with Gasteiger partial charge in [-0.2, -0.15) is 0 Å². The summed E-state index contributed by atoms with van der Waals surface area (Å²) < 4.78 is 10.9. The molecule has 1 aliphatic rings. The number of hydrogen-bond acceptors (Lipinski definition) is 5. The third kappa shape index (κ3) is 6.79. The van der Waals surface area contributed by atoms with E-state index >= 15 is 0 Å². The molecule has 1 aliphatic heterocycles. The Morgan fingerprint density at radius 1 is 1.06 bits per heavy atom. The molecular formula is C25H37N5O2. The summed E-state index contributed by atoms with van der Waals surface area (Å²) in [5.41, 5.74) is 3.64. The number of nitrogens with one attached hydrogen (secondary N) is 2. The molecule has 1 heterocycles. The standard InChI is InChI=1S/C25H37N5O2/c1-6-26-25(27-16-19-7-9-20(10-8-19)17-29(2)3)28-21-11-12-30(18-21)22-13-23(31-4)15-24(14-22)32-5/h7-10,13-15,21H,6,11-12,16-18H2,1-5H3,(H2,26,27,28). The van der Waals surface area contributed by atoms with E-state index in [9.17, 15) is 0 Å². The zero-order chi connectivity index (χ0) is 22.9. The average Bonchev–Trinajstić information content (AvgIpc) is 3.26. The summed E-state index contributed by atoms with van der Waals surface area (Å²) in [4.78, 5) is 9.35. The highest BCUT2D eigenvalue weighted by Crippen LogP contribution is 2.30. The zero-order valence-electron chi connectivity index (χ0n) is 20.0. The Kier molecular flexibility index (Phi) is 8.62. The summed E-state index contributed by atoms with van der Waals surface area (Å²) in [5.74, 6) is 2.48. The first kappa shape index (κ1) is 23.7. The summed E-state index contributed by atoms with van der Waals surface area (Å²) >= 11 is 0. The lowest BCUT2D eigenvalue weighted by atomic mass is 10.1. The topological polar surface area (TPSA) is 61.4 Å². The highest BCUT2D eigenvalue weighted by Gasteiger charge is 2.24. The second-order valence-electron chi connectivity index (χ2n) is 8.40. The predicted molar refractivity (Wildman–Crippen MR) is 132 cm³/mol. The van der Waals surface area contributed by atoms with Crippen LogP contribution >= 0.6 is 0 Å². The fourth-order valence-corrected chi connectivity index (χ4v) is 3.89. The minimum absolute atomic E-state index is 0.326. The summed E-state index contributed by atoms with van der Waals surface area (Å²) in [5, 5.41) is 6.99. The molecule has 0 spiro atoms. The number of nitrogens with zero attached hydrogens (tertiary/aromatic N) is 3. The van der Waals surface area contributed by atoms with Crippen LogP contribution in [0.3, 0.4) is 0 Å². The van der Waals surface area contributed by atoms with Gasteiger partial charge in [-0.15, -0.1) is 0 Å². The van der Waals surface area contributed by atoms with E-state index in [1.54, 1.807) is 14.2 Å². The van der Waals surface area contributed by atoms with Crippen LogP contribution in [0.15, 0.2) is 47.5 Å². The largest absolute Gasteiger partial charge is 0.497 e. The van der Waals surface area contributed by atoms with Crippen molar-refractivity contribution < 1.29 is 9.47 Å². The zero-order valence-corrected chi connectivity index (χ0v) is 20.0. The number of aliphatic imine (C=N–C) groups is 1. The van der Waals surface area contributed by atoms with Gasteiger partial charge in [-0.05, 0) is 38.6 Å². The van der Waals surface area contributed by atoms with Crippen molar-refractivity contribution in [3.8, 4) is 11.5 Å². The molecular weight excluding hydrogens is 402 g/mol. The molecule has 7 nitrogen and oxygen atoms in total. The number of methoxy groups -OCH3 is 2. The molecule has 2 aromatic carbocycles. The second kappa shape index (κ2) is 11.6. The summed E-state index contributed by atoms with van der Waals surface area (Å²) in [7, 11) is 7.53. The van der Waals surface area contributed by atoms with Crippen LogP contribution in [-0.4, -0.2) is 64.9 Å². The van der Waals surface area contributed by atoms with Crippen LogP contribution in [0.4, 0.5) is 5.69 Å². The quantitative estimate of drug-likeness (QED) is 0.463. The van der Waals surface area contributed by atoms with Crippen molar-refractivity contribution in [1.82, 2.24) is 15.5 Å². The maximum atomic E-state index is 5.43. The van der Waals surface area contributed by atoms with Crippen molar-refractivity contribution >= 4 is 11.6 Å². The maximum absolute atomic E-state index is 5.43. The Labute approximate surface area is 192 Å². The van der Waals surface area contributed by atoms with Gasteiger partial charge >= 0.3 is 0 Å². The fourth-order valence-electron chi connectivity index (χ4n) is 3.89. The molecule has 0 saturated carbocycles. The van der Waals surface area contributed by atoms with E-state index in [2.05, 4.69) is 77.9 Å². The lowest BCUT2D eigenvalue weighted by Crippen LogP contribution is -2.44. The van der Waals surface area contributed by atoms with Gasteiger partial charge in [0.05, 0.1) is 20.8 Å². The molecule has 174 valence electrons. The van der Waals surface area contributed by atoms with Gasteiger partial charge in [0.25, 0.3) is 0 Å². The molecule has 0 bridgehead atoms. The van der Waals surface area contributed by atoms with E-state index in [-0.39, 0.29) is 0 Å². The van der Waals surface area contributed by atoms with Crippen molar-refractivity contribution in [2.24, 2.45) is 4.99 Å². The SMILES string of the molecule is CCNC(=NCc1ccc(CN(C)C)cc1)NC1CCN(c2cc(OC)cc(OC)c2)C1. The van der Waals surface area contributed by atoms with E-state index in [1.165, 1.54) is 11.1 Å². The number of rotatable bonds is 9. The summed E-state index contributed by atoms with van der Waals surface area (Å²) in [6.07, 6.45) is 1.04. The monoisotopic (exact) mass is 439 g/mol. The van der Waals surface area contributed by atoms with Crippen LogP contribution in [0.5, 0.6) is 11.5 Å². The molecule has 2 N–H and O–H groups in total. The van der Waals surface area contributed by atoms with E-state index < -0.39 is 0 Å². The van der Waals surface area contributed by atoms with Gasteiger partial charge < -0.3 is 29.9 Å². The van der Waals surface area contributed by atoms with Gasteiger partial charge in [-0.25, -0.2) is 4.99 Å². The Bertz CT molecular complexity index is 860. The molecule has 0 radical (unpaired) electrons. The number of guanidine groups is 1. The molecule has 7 heteroatoms. The van der Waals surface area contributed by atoms with Crippen molar-refractivity contribution in [2.75, 3.05) is 52.8 Å². The van der Waals surface area contributed by atoms with Crippen LogP contribution in [0.2, 0.25) is 0 Å². The normalized spacial score (nSPS) is 16.4. The molecule has 1 fully saturated rings. The molecule has 1 saturated heterocycles. The van der Waals surface area contributed by atoms with Gasteiger partial charge in [0.1, 0.15) is 11.5 Å².